The van der Waals surface area contributed by atoms with Gasteiger partial charge >= 0.3 is 0 Å². The predicted molar refractivity (Wildman–Crippen MR) is 96.5 cm³/mol. The first-order chi connectivity index (χ1) is 12.3. The first-order valence-electron chi connectivity index (χ1n) is 7.99. The van der Waals surface area contributed by atoms with E-state index in [1.165, 1.54) is 5.56 Å². The van der Waals surface area contributed by atoms with Crippen molar-refractivity contribution in [2.24, 2.45) is 0 Å². The van der Waals surface area contributed by atoms with Crippen LogP contribution >= 0.6 is 0 Å². The Kier molecular flexibility index (Phi) is 3.89. The third kappa shape index (κ3) is 3.08. The number of hydrogen-bond donors (Lipinski definition) is 0. The number of aromatic nitrogens is 2. The van der Waals surface area contributed by atoms with Gasteiger partial charge in [0.25, 0.3) is 0 Å². The fourth-order valence-corrected chi connectivity index (χ4v) is 2.85. The largest absolute Gasteiger partial charge is 0.438 e. The van der Waals surface area contributed by atoms with E-state index < -0.39 is 0 Å². The summed E-state index contributed by atoms with van der Waals surface area (Å²) in [5.41, 5.74) is 2.87. The van der Waals surface area contributed by atoms with Gasteiger partial charge in [-0.05, 0) is 29.8 Å². The number of benzene rings is 2. The number of rotatable bonds is 4. The Morgan fingerprint density at radius 3 is 2.72 bits per heavy atom. The normalized spacial score (nSPS) is 10.5. The highest BCUT2D eigenvalue weighted by atomic mass is 16.5. The minimum absolute atomic E-state index is 0.419. The molecule has 0 radical (unpaired) electrons. The molecular weight excluding hydrogens is 310 g/mol. The Morgan fingerprint density at radius 2 is 1.88 bits per heavy atom. The highest BCUT2D eigenvalue weighted by Gasteiger charge is 2.09. The molecule has 4 heteroatoms. The lowest BCUT2D eigenvalue weighted by atomic mass is 10.2. The second-order valence-electron chi connectivity index (χ2n) is 5.71. The van der Waals surface area contributed by atoms with Crippen molar-refractivity contribution >= 4 is 10.9 Å². The van der Waals surface area contributed by atoms with Crippen molar-refractivity contribution in [1.82, 2.24) is 9.55 Å². The van der Waals surface area contributed by atoms with E-state index in [-0.39, 0.29) is 0 Å². The standard InChI is InChI=1S/C21H15N3O/c22-14-17-9-11-23-21(13-17)25-20-8-4-7-19-18(20)10-12-24(19)15-16-5-2-1-3-6-16/h1-13H,15H2. The van der Waals surface area contributed by atoms with Gasteiger partial charge in [0, 0.05) is 30.4 Å². The number of pyridine rings is 1. The van der Waals surface area contributed by atoms with Crippen LogP contribution in [-0.2, 0) is 6.54 Å². The van der Waals surface area contributed by atoms with Gasteiger partial charge < -0.3 is 9.30 Å². The van der Waals surface area contributed by atoms with Gasteiger partial charge in [-0.25, -0.2) is 4.98 Å². The van der Waals surface area contributed by atoms with Crippen LogP contribution in [0.25, 0.3) is 10.9 Å². The molecular formula is C21H15N3O. The third-order valence-corrected chi connectivity index (χ3v) is 4.05. The van der Waals surface area contributed by atoms with E-state index in [0.29, 0.717) is 11.4 Å². The summed E-state index contributed by atoms with van der Waals surface area (Å²) >= 11 is 0. The van der Waals surface area contributed by atoms with Crippen LogP contribution in [0.4, 0.5) is 0 Å². The lowest BCUT2D eigenvalue weighted by Gasteiger charge is -2.08. The van der Waals surface area contributed by atoms with Crippen LogP contribution in [0.2, 0.25) is 0 Å². The van der Waals surface area contributed by atoms with Gasteiger partial charge in [0.05, 0.1) is 17.1 Å². The summed E-state index contributed by atoms with van der Waals surface area (Å²) in [7, 11) is 0. The maximum atomic E-state index is 9.01. The van der Waals surface area contributed by atoms with Gasteiger partial charge in [-0.3, -0.25) is 0 Å². The van der Waals surface area contributed by atoms with E-state index in [2.05, 4.69) is 40.0 Å². The zero-order valence-corrected chi connectivity index (χ0v) is 13.5. The molecule has 0 aliphatic heterocycles. The molecule has 4 aromatic rings. The van der Waals surface area contributed by atoms with E-state index in [1.54, 1.807) is 18.3 Å². The molecule has 4 nitrogen and oxygen atoms in total. The van der Waals surface area contributed by atoms with E-state index in [9.17, 15) is 0 Å². The molecule has 0 bridgehead atoms. The second kappa shape index (κ2) is 6.50. The van der Waals surface area contributed by atoms with Crippen LogP contribution in [0.3, 0.4) is 0 Å². The highest BCUT2D eigenvalue weighted by Crippen LogP contribution is 2.30. The van der Waals surface area contributed by atoms with Crippen molar-refractivity contribution in [2.45, 2.75) is 6.54 Å². The number of nitriles is 1. The molecule has 0 atom stereocenters. The molecule has 0 aliphatic rings. The first-order valence-corrected chi connectivity index (χ1v) is 7.99. The number of ether oxygens (including phenoxy) is 1. The Labute approximate surface area is 145 Å². The minimum atomic E-state index is 0.419. The number of hydrogen-bond acceptors (Lipinski definition) is 3. The van der Waals surface area contributed by atoms with Crippen LogP contribution in [-0.4, -0.2) is 9.55 Å². The van der Waals surface area contributed by atoms with Gasteiger partial charge in [-0.15, -0.1) is 0 Å². The van der Waals surface area contributed by atoms with Crippen LogP contribution in [0.15, 0.2) is 79.1 Å². The van der Waals surface area contributed by atoms with Gasteiger partial charge in [0.1, 0.15) is 5.75 Å². The van der Waals surface area contributed by atoms with Gasteiger partial charge in [-0.2, -0.15) is 5.26 Å². The Balaban J connectivity index is 1.68. The van der Waals surface area contributed by atoms with E-state index in [0.717, 1.165) is 23.2 Å². The van der Waals surface area contributed by atoms with Crippen molar-refractivity contribution in [3.63, 3.8) is 0 Å². The average molecular weight is 325 g/mol. The van der Waals surface area contributed by atoms with E-state index in [1.807, 2.05) is 36.4 Å². The van der Waals surface area contributed by atoms with Gasteiger partial charge in [-0.1, -0.05) is 36.4 Å². The zero-order chi connectivity index (χ0) is 17.1. The van der Waals surface area contributed by atoms with Crippen molar-refractivity contribution in [2.75, 3.05) is 0 Å². The Hall–Kier alpha value is -3.58. The molecule has 120 valence electrons. The average Bonchev–Trinajstić information content (AvgIpc) is 3.07. The Morgan fingerprint density at radius 1 is 1.00 bits per heavy atom. The van der Waals surface area contributed by atoms with Gasteiger partial charge in [0.2, 0.25) is 5.88 Å². The number of nitrogens with zero attached hydrogens (tertiary/aromatic N) is 3. The summed E-state index contributed by atoms with van der Waals surface area (Å²) in [5, 5.41) is 10.0. The lowest BCUT2D eigenvalue weighted by Crippen LogP contribution is -1.97. The van der Waals surface area contributed by atoms with Crippen LogP contribution in [0, 0.1) is 11.3 Å². The molecule has 0 aliphatic carbocycles. The van der Waals surface area contributed by atoms with Gasteiger partial charge in [0.15, 0.2) is 0 Å². The monoisotopic (exact) mass is 325 g/mol. The lowest BCUT2D eigenvalue weighted by molar-refractivity contribution is 0.468. The number of fused-ring (bicyclic) bond motifs is 1. The third-order valence-electron chi connectivity index (χ3n) is 4.05. The molecule has 0 unspecified atom stereocenters. The molecule has 2 aromatic carbocycles. The molecule has 2 aromatic heterocycles. The fraction of sp³-hybridized carbons (Fsp3) is 0.0476. The SMILES string of the molecule is N#Cc1ccnc(Oc2cccc3c2ccn3Cc2ccccc2)c1. The second-order valence-corrected chi connectivity index (χ2v) is 5.71. The smallest absolute Gasteiger partial charge is 0.220 e. The first kappa shape index (κ1) is 15.0. The Bertz CT molecular complexity index is 1060. The fourth-order valence-electron chi connectivity index (χ4n) is 2.85. The van der Waals surface area contributed by atoms with Crippen molar-refractivity contribution in [3.8, 4) is 17.7 Å². The summed E-state index contributed by atoms with van der Waals surface area (Å²) in [5.74, 6) is 1.15. The van der Waals surface area contributed by atoms with Crippen LogP contribution in [0.5, 0.6) is 11.6 Å². The molecule has 0 saturated heterocycles. The topological polar surface area (TPSA) is 50.8 Å². The molecule has 0 spiro atoms. The highest BCUT2D eigenvalue weighted by molar-refractivity contribution is 5.86. The van der Waals surface area contributed by atoms with E-state index >= 15 is 0 Å². The summed E-state index contributed by atoms with van der Waals surface area (Å²) in [6, 6.07) is 23.7. The summed E-state index contributed by atoms with van der Waals surface area (Å²) < 4.78 is 8.11. The minimum Gasteiger partial charge on any atom is -0.438 e. The summed E-state index contributed by atoms with van der Waals surface area (Å²) in [6.07, 6.45) is 3.64. The molecule has 0 fully saturated rings. The van der Waals surface area contributed by atoms with Crippen molar-refractivity contribution in [1.29, 1.82) is 5.26 Å². The molecule has 2 heterocycles. The van der Waals surface area contributed by atoms with E-state index in [4.69, 9.17) is 10.00 Å². The quantitative estimate of drug-likeness (QED) is 0.544. The molecule has 0 N–H and O–H groups in total. The molecule has 25 heavy (non-hydrogen) atoms. The molecule has 0 amide bonds. The van der Waals surface area contributed by atoms with Crippen LogP contribution < -0.4 is 4.74 Å². The summed E-state index contributed by atoms with van der Waals surface area (Å²) in [6.45, 7) is 0.802. The van der Waals surface area contributed by atoms with Crippen LogP contribution in [0.1, 0.15) is 11.1 Å². The zero-order valence-electron chi connectivity index (χ0n) is 13.5. The maximum Gasteiger partial charge on any atom is 0.220 e. The summed E-state index contributed by atoms with van der Waals surface area (Å²) in [4.78, 5) is 4.18. The molecule has 0 saturated carbocycles. The maximum absolute atomic E-state index is 9.01. The molecule has 4 rings (SSSR count). The van der Waals surface area contributed by atoms with Crippen molar-refractivity contribution in [3.05, 3.63) is 90.3 Å². The van der Waals surface area contributed by atoms with Crippen molar-refractivity contribution < 1.29 is 4.74 Å². The predicted octanol–water partition coefficient (Wildman–Crippen LogP) is 4.75.